The first-order valence-corrected chi connectivity index (χ1v) is 20.0. The molecular weight excluding hydrogens is 675 g/mol. The van der Waals surface area contributed by atoms with E-state index in [0.717, 1.165) is 5.56 Å². The molecule has 6 aromatic carbocycles. The van der Waals surface area contributed by atoms with Crippen LogP contribution in [-0.4, -0.2) is 0 Å². The fraction of sp³-hybridized carbons (Fsp3) is 0.0270. The van der Waals surface area contributed by atoms with Crippen molar-refractivity contribution in [2.75, 3.05) is 0 Å². The lowest BCUT2D eigenvalue weighted by atomic mass is 10.2. The molecule has 0 radical (unpaired) electrons. The molecule has 1 aliphatic heterocycles. The van der Waals surface area contributed by atoms with Crippen LogP contribution >= 0.6 is 23.0 Å². The molecule has 0 N–H and O–H groups in total. The molecule has 1 atom stereocenters. The van der Waals surface area contributed by atoms with Crippen LogP contribution in [0.15, 0.2) is 189 Å². The van der Waals surface area contributed by atoms with Gasteiger partial charge in [0.15, 0.2) is 0 Å². The molecule has 0 aliphatic carbocycles. The van der Waals surface area contributed by atoms with Crippen LogP contribution in [-0.2, 0) is 0 Å². The Morgan fingerprint density at radius 2 is 0.551 bits per heavy atom. The van der Waals surface area contributed by atoms with E-state index in [1.165, 1.54) is 0 Å². The molecule has 0 aromatic heterocycles. The number of para-hydroxylation sites is 6. The lowest BCUT2D eigenvalue weighted by molar-refractivity contribution is 0.442. The zero-order valence-electron chi connectivity index (χ0n) is 26.4. The van der Waals surface area contributed by atoms with Gasteiger partial charge in [0.2, 0.25) is 0 Å². The van der Waals surface area contributed by atoms with Gasteiger partial charge in [0.1, 0.15) is 34.5 Å². The molecule has 246 valence electrons. The Labute approximate surface area is 285 Å². The van der Waals surface area contributed by atoms with Gasteiger partial charge in [0.25, 0.3) is 0 Å². The zero-order chi connectivity index (χ0) is 33.4. The number of aryl methyl sites for hydroxylation is 1. The highest BCUT2D eigenvalue weighted by atomic mass is 31.3. The number of hydrogen-bond acceptors (Lipinski definition) is 9. The van der Waals surface area contributed by atoms with Crippen molar-refractivity contribution in [3.8, 4) is 34.5 Å². The summed E-state index contributed by atoms with van der Waals surface area (Å²) in [5, 5.41) is 0. The van der Waals surface area contributed by atoms with Crippen LogP contribution in [0.3, 0.4) is 0 Å². The Bertz CT molecular complexity index is 2000. The van der Waals surface area contributed by atoms with Gasteiger partial charge in [-0.25, -0.2) is 0 Å². The first-order chi connectivity index (χ1) is 24.0. The lowest BCUT2D eigenvalue weighted by Gasteiger charge is -2.33. The van der Waals surface area contributed by atoms with E-state index >= 15 is 0 Å². The third-order valence-corrected chi connectivity index (χ3v) is 14.9. The highest BCUT2D eigenvalue weighted by molar-refractivity contribution is 7.79. The highest BCUT2D eigenvalue weighted by Gasteiger charge is 2.49. The highest BCUT2D eigenvalue weighted by Crippen LogP contribution is 2.78. The van der Waals surface area contributed by atoms with E-state index in [1.54, 1.807) is 0 Å². The standard InChI is InChI=1S/C37H32N3O6P3/c1-31-19-17-18-30-37(31)46-49(45-36-28-15-6-16-29-36)39-47(41-32-20-7-2-8-21-32,42-33-22-9-3-10-23-33)38-48(40-49,43-34-24-11-4-12-25-34)44-35-26-13-5-14-27-35/h2-30H,1H3. The molecule has 1 heterocycles. The summed E-state index contributed by atoms with van der Waals surface area (Å²) in [7, 11) is -11.7. The molecule has 9 nitrogen and oxygen atoms in total. The number of hydrogen-bond donors (Lipinski definition) is 0. The van der Waals surface area contributed by atoms with Gasteiger partial charge in [-0.2, -0.15) is 0 Å². The number of rotatable bonds is 12. The van der Waals surface area contributed by atoms with Crippen LogP contribution in [0.4, 0.5) is 0 Å². The Hall–Kier alpha value is -5.19. The maximum Gasteiger partial charge on any atom is 0.460 e. The SMILES string of the molecule is Cc1ccccc1OP1(Oc2ccccc2)=NP(Oc2ccccc2)(Oc2ccccc2)=NP(Oc2ccccc2)(Oc2ccccc2)=N1. The topological polar surface area (TPSA) is 92.5 Å². The van der Waals surface area contributed by atoms with Gasteiger partial charge >= 0.3 is 23.0 Å². The molecule has 0 amide bonds. The maximum absolute atomic E-state index is 6.87. The molecule has 6 aromatic rings. The largest absolute Gasteiger partial charge is 0.460 e. The second-order valence-corrected chi connectivity index (χ2v) is 16.8. The van der Waals surface area contributed by atoms with Crippen molar-refractivity contribution >= 4 is 23.0 Å². The smallest absolute Gasteiger partial charge is 0.413 e. The van der Waals surface area contributed by atoms with Crippen LogP contribution in [0.5, 0.6) is 34.5 Å². The molecular formula is C37H32N3O6P3. The second kappa shape index (κ2) is 14.5. The molecule has 0 saturated heterocycles. The molecule has 12 heteroatoms. The van der Waals surface area contributed by atoms with E-state index in [0.29, 0.717) is 34.5 Å². The first-order valence-electron chi connectivity index (χ1n) is 15.4. The molecule has 1 unspecified atom stereocenters. The average molecular weight is 708 g/mol. The summed E-state index contributed by atoms with van der Waals surface area (Å²) in [5.41, 5.74) is 0.847. The van der Waals surface area contributed by atoms with Crippen LogP contribution in [0, 0.1) is 6.92 Å². The third kappa shape index (κ3) is 8.10. The number of benzene rings is 6. The molecule has 0 spiro atoms. The Morgan fingerprint density at radius 3 is 0.837 bits per heavy atom. The van der Waals surface area contributed by atoms with E-state index in [9.17, 15) is 0 Å². The van der Waals surface area contributed by atoms with Crippen molar-refractivity contribution in [3.63, 3.8) is 0 Å². The van der Waals surface area contributed by atoms with Gasteiger partial charge in [0.05, 0.1) is 0 Å². The van der Waals surface area contributed by atoms with Crippen LogP contribution in [0.1, 0.15) is 5.56 Å². The molecule has 7 rings (SSSR count). The Balaban J connectivity index is 1.57. The summed E-state index contributed by atoms with van der Waals surface area (Å²) < 4.78 is 56.4. The van der Waals surface area contributed by atoms with Gasteiger partial charge in [-0.15, -0.1) is 0 Å². The van der Waals surface area contributed by atoms with Gasteiger partial charge in [-0.05, 0) is 79.2 Å². The van der Waals surface area contributed by atoms with E-state index in [2.05, 4.69) is 0 Å². The van der Waals surface area contributed by atoms with E-state index in [-0.39, 0.29) is 0 Å². The van der Waals surface area contributed by atoms with Gasteiger partial charge in [0, 0.05) is 0 Å². The Morgan fingerprint density at radius 1 is 0.306 bits per heavy atom. The first kappa shape index (κ1) is 32.4. The summed E-state index contributed by atoms with van der Waals surface area (Å²) in [6.07, 6.45) is 0. The third-order valence-electron chi connectivity index (χ3n) is 6.83. The van der Waals surface area contributed by atoms with Crippen LogP contribution < -0.4 is 27.1 Å². The minimum atomic E-state index is -3.90. The fourth-order valence-corrected chi connectivity index (χ4v) is 13.8. The van der Waals surface area contributed by atoms with E-state index in [4.69, 9.17) is 40.7 Å². The summed E-state index contributed by atoms with van der Waals surface area (Å²) in [6, 6.07) is 53.8. The maximum atomic E-state index is 6.87. The Kier molecular flexibility index (Phi) is 9.58. The summed E-state index contributed by atoms with van der Waals surface area (Å²) in [5.74, 6) is 2.84. The van der Waals surface area contributed by atoms with Crippen molar-refractivity contribution in [2.24, 2.45) is 13.5 Å². The molecule has 0 saturated carbocycles. The van der Waals surface area contributed by atoms with E-state index < -0.39 is 23.0 Å². The monoisotopic (exact) mass is 707 g/mol. The van der Waals surface area contributed by atoms with Crippen molar-refractivity contribution in [2.45, 2.75) is 6.92 Å². The quantitative estimate of drug-likeness (QED) is 0.118. The lowest BCUT2D eigenvalue weighted by Crippen LogP contribution is -2.11. The minimum absolute atomic E-state index is 0.465. The van der Waals surface area contributed by atoms with Crippen molar-refractivity contribution < 1.29 is 27.1 Å². The van der Waals surface area contributed by atoms with Gasteiger partial charge in [-0.1, -0.05) is 123 Å². The molecule has 0 bridgehead atoms. The predicted molar refractivity (Wildman–Crippen MR) is 195 cm³/mol. The zero-order valence-corrected chi connectivity index (χ0v) is 29.1. The summed E-state index contributed by atoms with van der Waals surface area (Å²) >= 11 is 0. The molecule has 0 fully saturated rings. The van der Waals surface area contributed by atoms with E-state index in [1.807, 2.05) is 183 Å². The normalized spacial score (nSPS) is 17.2. The second-order valence-electron chi connectivity index (χ2n) is 10.6. The predicted octanol–water partition coefficient (Wildman–Crippen LogP) is 12.6. The van der Waals surface area contributed by atoms with Gasteiger partial charge < -0.3 is 27.1 Å². The summed E-state index contributed by atoms with van der Waals surface area (Å²) in [4.78, 5) is 0. The fourth-order valence-electron chi connectivity index (χ4n) is 4.64. The van der Waals surface area contributed by atoms with Crippen LogP contribution in [0.25, 0.3) is 0 Å². The van der Waals surface area contributed by atoms with Crippen molar-refractivity contribution in [1.82, 2.24) is 0 Å². The minimum Gasteiger partial charge on any atom is -0.413 e. The molecule has 1 aliphatic rings. The summed E-state index contributed by atoms with van der Waals surface area (Å²) in [6.45, 7) is 1.94. The van der Waals surface area contributed by atoms with Gasteiger partial charge in [-0.3, -0.25) is 0 Å². The van der Waals surface area contributed by atoms with Crippen molar-refractivity contribution in [1.29, 1.82) is 0 Å². The van der Waals surface area contributed by atoms with Crippen LogP contribution in [0.2, 0.25) is 0 Å². The average Bonchev–Trinajstić information content (AvgIpc) is 3.11. The number of nitrogens with zero attached hydrogens (tertiary/aromatic N) is 3. The molecule has 49 heavy (non-hydrogen) atoms. The van der Waals surface area contributed by atoms with Crippen molar-refractivity contribution in [3.05, 3.63) is 181 Å².